The molecule has 0 aliphatic rings. The van der Waals surface area contributed by atoms with E-state index in [9.17, 15) is 30.0 Å². The number of hydrogen-bond acceptors (Lipinski definition) is 6. The second kappa shape index (κ2) is 23.1. The van der Waals surface area contributed by atoms with Gasteiger partial charge >= 0.3 is 25.7 Å². The van der Waals surface area contributed by atoms with Gasteiger partial charge in [-0.3, -0.25) is 0 Å². The van der Waals surface area contributed by atoms with Crippen LogP contribution in [0.1, 0.15) is 105 Å². The molecule has 10 rings (SSSR count). The normalized spacial score (nSPS) is 12.7. The van der Waals surface area contributed by atoms with Crippen LogP contribution < -0.4 is 8.37 Å². The second-order valence-corrected chi connectivity index (χ2v) is 29.1. The summed E-state index contributed by atoms with van der Waals surface area (Å²) in [4.78, 5) is 0. The van der Waals surface area contributed by atoms with Gasteiger partial charge in [-0.05, 0) is 170 Å². The fraction of sp³-hybridized carbons (Fsp3) is 0.243. The molecule has 0 aliphatic carbocycles. The molecule has 0 saturated carbocycles. The summed E-state index contributed by atoms with van der Waals surface area (Å²) in [6, 6.07) is 72.1. The van der Waals surface area contributed by atoms with Gasteiger partial charge in [0.2, 0.25) is 0 Å². The van der Waals surface area contributed by atoms with E-state index in [2.05, 4.69) is 257 Å². The first kappa shape index (κ1) is 61.6. The molecule has 10 aromatic rings. The van der Waals surface area contributed by atoms with Gasteiger partial charge in [0.1, 0.15) is 0 Å². The Labute approximate surface area is 500 Å². The van der Waals surface area contributed by atoms with Gasteiger partial charge < -0.3 is 8.37 Å². The summed E-state index contributed by atoms with van der Waals surface area (Å²) < 4.78 is 90.6. The summed E-state index contributed by atoms with van der Waals surface area (Å²) in [6.07, 6.45) is 0.792. The number of alkyl halides is 3. The maximum Gasteiger partial charge on any atom is 0.534 e. The van der Waals surface area contributed by atoms with E-state index in [0.29, 0.717) is 0 Å². The van der Waals surface area contributed by atoms with Crippen molar-refractivity contribution < 1.29 is 38.4 Å². The predicted octanol–water partition coefficient (Wildman–Crippen LogP) is 20.4. The zero-order valence-corrected chi connectivity index (χ0v) is 52.2. The lowest BCUT2D eigenvalue weighted by Crippen LogP contribution is -2.28. The summed E-state index contributed by atoms with van der Waals surface area (Å²) in [5, 5.41) is 2.51. The van der Waals surface area contributed by atoms with Gasteiger partial charge in [-0.25, -0.2) is 0 Å². The molecule has 0 amide bonds. The van der Waals surface area contributed by atoms with Gasteiger partial charge in [-0.15, -0.1) is 0 Å². The van der Waals surface area contributed by atoms with E-state index in [1.165, 1.54) is 130 Å². The Balaban J connectivity index is 0.000000315. The van der Waals surface area contributed by atoms with Crippen LogP contribution in [0.5, 0.6) is 11.5 Å². The van der Waals surface area contributed by atoms with Crippen molar-refractivity contribution in [1.29, 1.82) is 0 Å². The van der Waals surface area contributed by atoms with Crippen LogP contribution in [0, 0.1) is 0 Å². The third-order valence-corrected chi connectivity index (χ3v) is 16.8. The number of benzene rings is 10. The van der Waals surface area contributed by atoms with Crippen LogP contribution in [0.3, 0.4) is 0 Å². The van der Waals surface area contributed by atoms with E-state index in [0.717, 1.165) is 12.3 Å². The van der Waals surface area contributed by atoms with E-state index >= 15 is 0 Å². The van der Waals surface area contributed by atoms with Crippen LogP contribution in [-0.4, -0.2) is 28.6 Å². The van der Waals surface area contributed by atoms with E-state index in [-0.39, 0.29) is 38.2 Å². The first-order valence-electron chi connectivity index (χ1n) is 28.3. The predicted molar refractivity (Wildman–Crippen MR) is 346 cm³/mol. The molecule has 6 nitrogen and oxygen atoms in total. The molecule has 10 aromatic carbocycles. The fourth-order valence-corrected chi connectivity index (χ4v) is 11.4. The molecule has 11 heteroatoms. The summed E-state index contributed by atoms with van der Waals surface area (Å²) in [6.45, 7) is 27.4. The van der Waals surface area contributed by atoms with Crippen molar-refractivity contribution in [1.82, 2.24) is 0 Å². The summed E-state index contributed by atoms with van der Waals surface area (Å²) >= 11 is 0. The smallest absolute Gasteiger partial charge is 0.382 e. The van der Waals surface area contributed by atoms with Gasteiger partial charge in [0, 0.05) is 10.8 Å². The average molecular weight is 1180 g/mol. The molecule has 0 radical (unpaired) electrons. The molecule has 0 aromatic heterocycles. The lowest BCUT2D eigenvalue weighted by Gasteiger charge is -2.20. The average Bonchev–Trinajstić information content (AvgIpc) is 1.91. The largest absolute Gasteiger partial charge is 0.534 e. The molecule has 0 unspecified atom stereocenters. The van der Waals surface area contributed by atoms with Crippen LogP contribution in [0.25, 0.3) is 88.3 Å². The van der Waals surface area contributed by atoms with E-state index in [4.69, 9.17) is 4.18 Å². The quantitative estimate of drug-likeness (QED) is 0.100. The summed E-state index contributed by atoms with van der Waals surface area (Å²) in [5.41, 5.74) is 14.8. The van der Waals surface area contributed by atoms with Crippen molar-refractivity contribution >= 4 is 41.8 Å². The van der Waals surface area contributed by atoms with Crippen molar-refractivity contribution in [2.24, 2.45) is 0 Å². The van der Waals surface area contributed by atoms with Crippen molar-refractivity contribution in [3.8, 4) is 78.3 Å². The summed E-state index contributed by atoms with van der Waals surface area (Å²) in [5.74, 6) is -0.765. The van der Waals surface area contributed by atoms with Crippen molar-refractivity contribution in [3.63, 3.8) is 0 Å². The highest BCUT2D eigenvalue weighted by atomic mass is 32.2. The number of halogens is 3. The maximum atomic E-state index is 12.4. The van der Waals surface area contributed by atoms with Gasteiger partial charge in [0.25, 0.3) is 0 Å². The van der Waals surface area contributed by atoms with E-state index in [1.54, 1.807) is 0 Å². The van der Waals surface area contributed by atoms with Crippen molar-refractivity contribution in [2.75, 3.05) is 6.26 Å². The summed E-state index contributed by atoms with van der Waals surface area (Å²) in [7, 11) is -9.73. The first-order chi connectivity index (χ1) is 39.6. The van der Waals surface area contributed by atoms with Gasteiger partial charge in [-0.1, -0.05) is 241 Å². The molecule has 0 spiro atoms. The molecule has 0 N–H and O–H groups in total. The lowest BCUT2D eigenvalue weighted by atomic mass is 9.84. The Hall–Kier alpha value is -7.99. The molecule has 0 atom stereocenters. The number of fused-ring (bicyclic) bond motifs is 2. The van der Waals surface area contributed by atoms with Gasteiger partial charge in [0.05, 0.1) is 6.26 Å². The van der Waals surface area contributed by atoms with Crippen molar-refractivity contribution in [3.05, 3.63) is 229 Å². The van der Waals surface area contributed by atoms with Gasteiger partial charge in [0.15, 0.2) is 11.5 Å². The number of hydrogen-bond donors (Lipinski definition) is 0. The molecule has 0 aliphatic heterocycles. The molecule has 85 heavy (non-hydrogen) atoms. The molecule has 0 fully saturated rings. The minimum Gasteiger partial charge on any atom is -0.382 e. The number of rotatable bonds is 10. The molecular formula is C74H73F3O6S2. The lowest BCUT2D eigenvalue weighted by molar-refractivity contribution is -0.0499. The topological polar surface area (TPSA) is 86.7 Å². The molecule has 0 heterocycles. The Morgan fingerprint density at radius 1 is 0.294 bits per heavy atom. The maximum absolute atomic E-state index is 12.4. The Bertz CT molecular complexity index is 3960. The van der Waals surface area contributed by atoms with Crippen LogP contribution in [0.15, 0.2) is 206 Å². The SMILES string of the molecule is CC(C)(C)c1ccc(-c2cc(-c3ccc(C(C)(C)C)cc3)cc(-c3cccc4c(-c5cc(-c6ccc(C(C)(C)C)cc6)cc(-c6ccc(C(C)(C)C)cc6)c5)cccc34)c2)cc1.CS(=O)(=O)Oc1cccc2c(OS(=O)(=O)C(F)(F)F)cccc12. The first-order valence-corrected chi connectivity index (χ1v) is 31.5. The molecule has 0 saturated heterocycles. The monoisotopic (exact) mass is 1180 g/mol. The van der Waals surface area contributed by atoms with Crippen LogP contribution in [0.2, 0.25) is 0 Å². The second-order valence-electron chi connectivity index (χ2n) is 26.0. The Morgan fingerprint density at radius 3 is 0.800 bits per heavy atom. The minimum atomic E-state index is -5.85. The van der Waals surface area contributed by atoms with Gasteiger partial charge in [-0.2, -0.15) is 30.0 Å². The minimum absolute atomic E-state index is 0.0542. The van der Waals surface area contributed by atoms with Crippen LogP contribution >= 0.6 is 0 Å². The Morgan fingerprint density at radius 2 is 0.541 bits per heavy atom. The molecular weight excluding hydrogens is 1110 g/mol. The highest BCUT2D eigenvalue weighted by Crippen LogP contribution is 2.43. The zero-order valence-electron chi connectivity index (χ0n) is 50.5. The molecule has 438 valence electrons. The highest BCUT2D eigenvalue weighted by molar-refractivity contribution is 7.88. The highest BCUT2D eigenvalue weighted by Gasteiger charge is 2.48. The van der Waals surface area contributed by atoms with E-state index in [1.807, 2.05) is 0 Å². The standard InChI is InChI=1S/C62H64.C12H9F3O6S2/c1-59(2,3)51-27-19-41(20-28-51)45-35-46(42-21-29-52(30-22-42)60(4,5)6)38-49(37-45)55-15-13-18-58-56(16-14-17-57(55)58)50-39-47(43-23-31-53(32-24-43)61(7,8)9)36-48(40-50)44-25-33-54(34-26-44)62(10,11)12;1-22(16,17)20-10-6-2-5-9-8(10)4-3-7-11(9)21-23(18,19)12(13,14)15/h13-40H,1-12H3;2-7H,1H3. The third kappa shape index (κ3) is 14.2. The Kier molecular flexibility index (Phi) is 16.7. The molecule has 0 bridgehead atoms. The third-order valence-electron chi connectivity index (χ3n) is 15.3. The van der Waals surface area contributed by atoms with Crippen LogP contribution in [0.4, 0.5) is 13.2 Å². The zero-order chi connectivity index (χ0) is 61.7. The van der Waals surface area contributed by atoms with E-state index < -0.39 is 31.5 Å². The van der Waals surface area contributed by atoms with Crippen LogP contribution in [-0.2, 0) is 41.9 Å². The fourth-order valence-electron chi connectivity index (χ4n) is 10.4. The van der Waals surface area contributed by atoms with Crippen molar-refractivity contribution in [2.45, 2.75) is 110 Å².